The first-order chi connectivity index (χ1) is 8.47. The van der Waals surface area contributed by atoms with Crippen LogP contribution in [0.2, 0.25) is 0 Å². The number of hydrogen-bond acceptors (Lipinski definition) is 2. The standard InChI is InChI=1S/C13H18F2N2O/c1-9-4-3-5-11(10(9)2)13(18)17(7-6-16)8-12(14)15/h3-5,12H,6-8,16H2,1-2H3. The monoisotopic (exact) mass is 256 g/mol. The number of nitrogens with two attached hydrogens (primary N) is 1. The molecule has 18 heavy (non-hydrogen) atoms. The molecule has 3 nitrogen and oxygen atoms in total. The molecule has 0 bridgehead atoms. The minimum absolute atomic E-state index is 0.135. The highest BCUT2D eigenvalue weighted by Crippen LogP contribution is 2.15. The van der Waals surface area contributed by atoms with Crippen LogP contribution in [0, 0.1) is 13.8 Å². The van der Waals surface area contributed by atoms with Gasteiger partial charge in [0.25, 0.3) is 12.3 Å². The van der Waals surface area contributed by atoms with Crippen LogP contribution in [0.5, 0.6) is 0 Å². The SMILES string of the molecule is Cc1cccc(C(=O)N(CCN)CC(F)F)c1C. The number of carbonyl (C=O) groups excluding carboxylic acids is 1. The van der Waals surface area contributed by atoms with Gasteiger partial charge in [-0.3, -0.25) is 4.79 Å². The van der Waals surface area contributed by atoms with E-state index in [1.165, 1.54) is 0 Å². The maximum Gasteiger partial charge on any atom is 0.255 e. The zero-order chi connectivity index (χ0) is 13.7. The molecule has 1 aromatic rings. The fourth-order valence-corrected chi connectivity index (χ4v) is 1.75. The van der Waals surface area contributed by atoms with E-state index in [1.807, 2.05) is 19.9 Å². The molecule has 0 spiro atoms. The van der Waals surface area contributed by atoms with E-state index < -0.39 is 13.0 Å². The predicted octanol–water partition coefficient (Wildman–Crippen LogP) is 1.97. The molecule has 0 fully saturated rings. The molecule has 0 saturated carbocycles. The third-order valence-corrected chi connectivity index (χ3v) is 2.88. The Balaban J connectivity index is 2.98. The Morgan fingerprint density at radius 1 is 1.39 bits per heavy atom. The number of carbonyl (C=O) groups is 1. The molecule has 2 N–H and O–H groups in total. The summed E-state index contributed by atoms with van der Waals surface area (Å²) < 4.78 is 24.9. The second kappa shape index (κ2) is 6.44. The number of amides is 1. The lowest BCUT2D eigenvalue weighted by Gasteiger charge is -2.22. The van der Waals surface area contributed by atoms with Gasteiger partial charge in [0.15, 0.2) is 0 Å². The van der Waals surface area contributed by atoms with Crippen molar-refractivity contribution < 1.29 is 13.6 Å². The first kappa shape index (κ1) is 14.6. The summed E-state index contributed by atoms with van der Waals surface area (Å²) in [5.74, 6) is -0.387. The highest BCUT2D eigenvalue weighted by atomic mass is 19.3. The van der Waals surface area contributed by atoms with Gasteiger partial charge >= 0.3 is 0 Å². The Labute approximate surface area is 106 Å². The van der Waals surface area contributed by atoms with Crippen molar-refractivity contribution >= 4 is 5.91 Å². The van der Waals surface area contributed by atoms with Crippen LogP contribution in [0.3, 0.4) is 0 Å². The molecule has 0 unspecified atom stereocenters. The molecule has 0 aliphatic rings. The van der Waals surface area contributed by atoms with E-state index >= 15 is 0 Å². The van der Waals surface area contributed by atoms with Gasteiger partial charge in [-0.1, -0.05) is 12.1 Å². The van der Waals surface area contributed by atoms with Crippen molar-refractivity contribution in [1.29, 1.82) is 0 Å². The Morgan fingerprint density at radius 2 is 2.06 bits per heavy atom. The largest absolute Gasteiger partial charge is 0.332 e. The molecule has 0 atom stereocenters. The number of halogens is 2. The van der Waals surface area contributed by atoms with Crippen molar-refractivity contribution in [3.8, 4) is 0 Å². The van der Waals surface area contributed by atoms with Crippen molar-refractivity contribution in [2.75, 3.05) is 19.6 Å². The molecule has 0 saturated heterocycles. The summed E-state index contributed by atoms with van der Waals surface area (Å²) in [6.45, 7) is 3.42. The fraction of sp³-hybridized carbons (Fsp3) is 0.462. The van der Waals surface area contributed by atoms with Crippen LogP contribution < -0.4 is 5.73 Å². The van der Waals surface area contributed by atoms with Crippen LogP contribution in [0.4, 0.5) is 8.78 Å². The molecule has 1 amide bonds. The van der Waals surface area contributed by atoms with Crippen LogP contribution in [0.25, 0.3) is 0 Å². The molecular formula is C13H18F2N2O. The normalized spacial score (nSPS) is 10.8. The molecule has 0 aromatic heterocycles. The predicted molar refractivity (Wildman–Crippen MR) is 66.9 cm³/mol. The van der Waals surface area contributed by atoms with Crippen LogP contribution in [0.15, 0.2) is 18.2 Å². The molecule has 5 heteroatoms. The number of nitrogens with zero attached hydrogens (tertiary/aromatic N) is 1. The second-order valence-corrected chi connectivity index (χ2v) is 4.18. The summed E-state index contributed by atoms with van der Waals surface area (Å²) in [5, 5.41) is 0. The van der Waals surface area contributed by atoms with Crippen LogP contribution >= 0.6 is 0 Å². The van der Waals surface area contributed by atoms with Crippen molar-refractivity contribution in [2.24, 2.45) is 5.73 Å². The lowest BCUT2D eigenvalue weighted by Crippen LogP contribution is -2.39. The third-order valence-electron chi connectivity index (χ3n) is 2.88. The number of aryl methyl sites for hydroxylation is 1. The number of benzene rings is 1. The van der Waals surface area contributed by atoms with E-state index in [9.17, 15) is 13.6 Å². The Morgan fingerprint density at radius 3 is 2.61 bits per heavy atom. The van der Waals surface area contributed by atoms with Crippen LogP contribution in [0.1, 0.15) is 21.5 Å². The highest BCUT2D eigenvalue weighted by Gasteiger charge is 2.20. The Bertz CT molecular complexity index is 421. The van der Waals surface area contributed by atoms with Crippen LogP contribution in [-0.4, -0.2) is 36.9 Å². The zero-order valence-electron chi connectivity index (χ0n) is 10.6. The van der Waals surface area contributed by atoms with Gasteiger partial charge in [0.2, 0.25) is 0 Å². The van der Waals surface area contributed by atoms with Gasteiger partial charge in [-0.25, -0.2) is 8.78 Å². The van der Waals surface area contributed by atoms with E-state index in [0.717, 1.165) is 16.0 Å². The first-order valence-corrected chi connectivity index (χ1v) is 5.81. The van der Waals surface area contributed by atoms with Crippen LogP contribution in [-0.2, 0) is 0 Å². The van der Waals surface area contributed by atoms with Crippen molar-refractivity contribution in [3.05, 3.63) is 34.9 Å². The smallest absolute Gasteiger partial charge is 0.255 e. The minimum Gasteiger partial charge on any atom is -0.332 e. The summed E-state index contributed by atoms with van der Waals surface area (Å²) in [6.07, 6.45) is -2.55. The quantitative estimate of drug-likeness (QED) is 0.875. The van der Waals surface area contributed by atoms with Gasteiger partial charge < -0.3 is 10.6 Å². The lowest BCUT2D eigenvalue weighted by molar-refractivity contribution is 0.0562. The number of hydrogen-bond donors (Lipinski definition) is 1. The molecular weight excluding hydrogens is 238 g/mol. The summed E-state index contributed by atoms with van der Waals surface area (Å²) in [4.78, 5) is 13.3. The molecule has 100 valence electrons. The minimum atomic E-state index is -2.55. The van der Waals surface area contributed by atoms with E-state index in [1.54, 1.807) is 12.1 Å². The summed E-state index contributed by atoms with van der Waals surface area (Å²) in [6, 6.07) is 5.28. The van der Waals surface area contributed by atoms with Gasteiger partial charge in [0.1, 0.15) is 0 Å². The molecule has 1 rings (SSSR count). The van der Waals surface area contributed by atoms with Gasteiger partial charge in [-0.2, -0.15) is 0 Å². The average molecular weight is 256 g/mol. The highest BCUT2D eigenvalue weighted by molar-refractivity contribution is 5.96. The average Bonchev–Trinajstić information content (AvgIpc) is 2.31. The number of alkyl halides is 2. The molecule has 1 aromatic carbocycles. The summed E-state index contributed by atoms with van der Waals surface area (Å²) in [5.41, 5.74) is 7.59. The van der Waals surface area contributed by atoms with Gasteiger partial charge in [-0.15, -0.1) is 0 Å². The first-order valence-electron chi connectivity index (χ1n) is 5.81. The maximum atomic E-state index is 12.4. The van der Waals surface area contributed by atoms with E-state index in [-0.39, 0.29) is 19.0 Å². The molecule has 0 aliphatic carbocycles. The number of rotatable bonds is 5. The molecule has 0 radical (unpaired) electrons. The second-order valence-electron chi connectivity index (χ2n) is 4.18. The fourth-order valence-electron chi connectivity index (χ4n) is 1.75. The summed E-state index contributed by atoms with van der Waals surface area (Å²) in [7, 11) is 0. The zero-order valence-corrected chi connectivity index (χ0v) is 10.6. The van der Waals surface area contributed by atoms with Gasteiger partial charge in [-0.05, 0) is 31.0 Å². The van der Waals surface area contributed by atoms with E-state index in [2.05, 4.69) is 0 Å². The van der Waals surface area contributed by atoms with Crippen molar-refractivity contribution in [1.82, 2.24) is 4.90 Å². The molecule has 0 heterocycles. The third kappa shape index (κ3) is 3.50. The summed E-state index contributed by atoms with van der Waals surface area (Å²) >= 11 is 0. The topological polar surface area (TPSA) is 46.3 Å². The Kier molecular flexibility index (Phi) is 5.22. The molecule has 0 aliphatic heterocycles. The van der Waals surface area contributed by atoms with Gasteiger partial charge in [0, 0.05) is 18.7 Å². The van der Waals surface area contributed by atoms with E-state index in [0.29, 0.717) is 5.56 Å². The van der Waals surface area contributed by atoms with Crippen molar-refractivity contribution in [3.63, 3.8) is 0 Å². The lowest BCUT2D eigenvalue weighted by atomic mass is 10.0. The Hall–Kier alpha value is -1.49. The van der Waals surface area contributed by atoms with E-state index in [4.69, 9.17) is 5.73 Å². The van der Waals surface area contributed by atoms with Gasteiger partial charge in [0.05, 0.1) is 6.54 Å². The maximum absolute atomic E-state index is 12.4. The van der Waals surface area contributed by atoms with Crippen molar-refractivity contribution in [2.45, 2.75) is 20.3 Å².